The Labute approximate surface area is 541 Å². The van der Waals surface area contributed by atoms with Crippen LogP contribution in [-0.4, -0.2) is 120 Å². The molecule has 0 aliphatic rings. The van der Waals surface area contributed by atoms with Gasteiger partial charge in [0.15, 0.2) is 0 Å². The molecule has 416 valence electrons. The van der Waals surface area contributed by atoms with Gasteiger partial charge in [-0.05, 0) is 0 Å². The molecule has 10 rings (SSSR count). The normalized spacial score (nSPS) is 11.5. The number of hydrogen-bond acceptors (Lipinski definition) is 0. The molecule has 0 aliphatic heterocycles. The first-order chi connectivity index (χ1) is 40.2. The summed E-state index contributed by atoms with van der Waals surface area (Å²) < 4.78 is 25.1. The van der Waals surface area contributed by atoms with Gasteiger partial charge < -0.3 is 0 Å². The molecule has 0 heterocycles. The summed E-state index contributed by atoms with van der Waals surface area (Å²) in [6, 6.07) is 78.8. The van der Waals surface area contributed by atoms with E-state index in [2.05, 4.69) is 250 Å². The standard InChI is InChI=1S/C74H72Se8/c1-9-49-17-33-57(34-18-49)75-67-65-66(69(77-59-37-21-51(11-3)22-38-59)72(80-62-43-27-54(14-6)28-44-62)71(67)79-61-41-25-53(13-5)26-42-61)70(78-60-39-23-52(12-4)24-40-60)74(82-64-47-31-56(16-8)32-48-64)73(81-63-45-29-55(15-7)30-46-63)68(65)76-58-35-19-50(10-2)20-36-58/h17-48H,9-16H2,1-8H3. The van der Waals surface area contributed by atoms with Crippen LogP contribution in [-0.2, 0) is 51.4 Å². The second kappa shape index (κ2) is 30.3. The summed E-state index contributed by atoms with van der Waals surface area (Å²) in [4.78, 5) is 0. The molecular formula is C74H72Se8. The molecule has 0 nitrogen and oxygen atoms in total. The molecule has 0 unspecified atom stereocenters. The van der Waals surface area contributed by atoms with E-state index >= 15 is 0 Å². The topological polar surface area (TPSA) is 0 Å². The van der Waals surface area contributed by atoms with E-state index in [0.29, 0.717) is 0 Å². The SMILES string of the molecule is CCc1ccc([Se]c2c([Se]c3ccc(CC)cc3)c([Se]c3ccc(CC)cc3)c3c([Se]c4ccc(CC)cc4)c([Se]c4ccc(CC)cc4)c([Se]c4ccc(CC)cc4)c([Se]c4ccc(CC)cc4)c3c2[Se]c2ccc(CC)cc2)cc1. The molecule has 0 bridgehead atoms. The molecule has 0 aromatic heterocycles. The fraction of sp³-hybridized carbons (Fsp3) is 0.216. The Morgan fingerprint density at radius 3 is 0.378 bits per heavy atom. The van der Waals surface area contributed by atoms with Gasteiger partial charge in [0, 0.05) is 0 Å². The number of aryl methyl sites for hydroxylation is 8. The van der Waals surface area contributed by atoms with Crippen LogP contribution in [0.15, 0.2) is 194 Å². The zero-order valence-electron chi connectivity index (χ0n) is 48.4. The average molecular weight is 1590 g/mol. The molecule has 82 heavy (non-hydrogen) atoms. The fourth-order valence-electron chi connectivity index (χ4n) is 9.58. The summed E-state index contributed by atoms with van der Waals surface area (Å²) in [7, 11) is 0. The Morgan fingerprint density at radius 2 is 0.268 bits per heavy atom. The summed E-state index contributed by atoms with van der Waals surface area (Å²) in [5.41, 5.74) is 11.3. The zero-order valence-corrected chi connectivity index (χ0v) is 62.1. The van der Waals surface area contributed by atoms with Crippen LogP contribution in [0.4, 0.5) is 0 Å². The first kappa shape index (κ1) is 61.7. The molecule has 0 N–H and O–H groups in total. The summed E-state index contributed by atoms with van der Waals surface area (Å²) in [6.45, 7) is 18.4. The van der Waals surface area contributed by atoms with Crippen molar-refractivity contribution in [2.45, 2.75) is 107 Å². The van der Waals surface area contributed by atoms with Crippen LogP contribution >= 0.6 is 0 Å². The third kappa shape index (κ3) is 15.4. The van der Waals surface area contributed by atoms with Crippen LogP contribution < -0.4 is 71.4 Å². The van der Waals surface area contributed by atoms with Crippen molar-refractivity contribution in [2.24, 2.45) is 0 Å². The Balaban J connectivity index is 1.44. The first-order valence-electron chi connectivity index (χ1n) is 29.1. The Kier molecular flexibility index (Phi) is 22.8. The van der Waals surface area contributed by atoms with E-state index in [0.717, 1.165) is 51.4 Å². The molecule has 0 saturated heterocycles. The molecule has 0 atom stereocenters. The van der Waals surface area contributed by atoms with Crippen LogP contribution in [0.2, 0.25) is 0 Å². The molecule has 0 spiro atoms. The predicted molar refractivity (Wildman–Crippen MR) is 371 cm³/mol. The molecule has 0 fully saturated rings. The number of rotatable bonds is 24. The van der Waals surface area contributed by atoms with E-state index in [4.69, 9.17) is 0 Å². The molecule has 0 radical (unpaired) electrons. The summed E-state index contributed by atoms with van der Waals surface area (Å²) in [5.74, 6) is 0. The summed E-state index contributed by atoms with van der Waals surface area (Å²) in [6.07, 6.45) is 8.37. The Hall–Kier alpha value is -3.38. The van der Waals surface area contributed by atoms with Gasteiger partial charge in [0.05, 0.1) is 0 Å². The van der Waals surface area contributed by atoms with E-state index in [1.54, 1.807) is 46.5 Å². The maximum absolute atomic E-state index is 2.50. The van der Waals surface area contributed by atoms with Crippen LogP contribution in [0.25, 0.3) is 10.8 Å². The summed E-state index contributed by atoms with van der Waals surface area (Å²) in [5, 5.41) is 3.24. The van der Waals surface area contributed by atoms with Crippen LogP contribution in [0.3, 0.4) is 0 Å². The third-order valence-corrected chi connectivity index (χ3v) is 37.5. The summed E-state index contributed by atoms with van der Waals surface area (Å²) >= 11 is 0.196. The number of hydrogen-bond donors (Lipinski definition) is 0. The van der Waals surface area contributed by atoms with E-state index < -0.39 is 0 Å². The molecule has 8 heteroatoms. The Morgan fingerprint density at radius 1 is 0.159 bits per heavy atom. The molecule has 0 saturated carbocycles. The third-order valence-electron chi connectivity index (χ3n) is 14.8. The zero-order chi connectivity index (χ0) is 57.0. The van der Waals surface area contributed by atoms with Crippen molar-refractivity contribution >= 4 is 202 Å². The minimum absolute atomic E-state index is 0.00972. The van der Waals surface area contributed by atoms with Gasteiger partial charge in [-0.3, -0.25) is 0 Å². The monoisotopic (exact) mass is 1600 g/mol. The van der Waals surface area contributed by atoms with E-state index in [1.165, 1.54) is 80.2 Å². The van der Waals surface area contributed by atoms with Crippen molar-refractivity contribution in [1.29, 1.82) is 0 Å². The van der Waals surface area contributed by atoms with Gasteiger partial charge in [0.2, 0.25) is 0 Å². The molecule has 10 aromatic rings. The van der Waals surface area contributed by atoms with Crippen molar-refractivity contribution < 1.29 is 0 Å². The van der Waals surface area contributed by atoms with Crippen molar-refractivity contribution in [1.82, 2.24) is 0 Å². The van der Waals surface area contributed by atoms with E-state index in [9.17, 15) is 0 Å². The number of fused-ring (bicyclic) bond motifs is 1. The molecular weight excluding hydrogens is 1520 g/mol. The molecule has 0 amide bonds. The van der Waals surface area contributed by atoms with Gasteiger partial charge in [-0.25, -0.2) is 0 Å². The van der Waals surface area contributed by atoms with Crippen molar-refractivity contribution in [3.05, 3.63) is 239 Å². The average Bonchev–Trinajstić information content (AvgIpc) is 1.33. The van der Waals surface area contributed by atoms with Crippen LogP contribution in [0.5, 0.6) is 0 Å². The quantitative estimate of drug-likeness (QED) is 0.0780. The fourth-order valence-corrected chi connectivity index (χ4v) is 33.0. The number of benzene rings is 10. The molecule has 10 aromatic carbocycles. The molecule has 0 aliphatic carbocycles. The van der Waals surface area contributed by atoms with Crippen LogP contribution in [0, 0.1) is 0 Å². The van der Waals surface area contributed by atoms with Crippen LogP contribution in [0.1, 0.15) is 99.9 Å². The van der Waals surface area contributed by atoms with E-state index in [1.807, 2.05) is 0 Å². The van der Waals surface area contributed by atoms with Gasteiger partial charge in [-0.1, -0.05) is 0 Å². The van der Waals surface area contributed by atoms with Gasteiger partial charge in [0.1, 0.15) is 0 Å². The van der Waals surface area contributed by atoms with Gasteiger partial charge in [0.25, 0.3) is 0 Å². The first-order valence-corrected chi connectivity index (χ1v) is 42.8. The Bertz CT molecular complexity index is 3210. The van der Waals surface area contributed by atoms with Gasteiger partial charge in [-0.15, -0.1) is 0 Å². The van der Waals surface area contributed by atoms with E-state index in [-0.39, 0.29) is 120 Å². The van der Waals surface area contributed by atoms with Crippen molar-refractivity contribution in [2.75, 3.05) is 0 Å². The maximum atomic E-state index is 2.50. The van der Waals surface area contributed by atoms with Crippen molar-refractivity contribution in [3.8, 4) is 0 Å². The predicted octanol–water partition coefficient (Wildman–Crippen LogP) is 4.58. The van der Waals surface area contributed by atoms with Gasteiger partial charge >= 0.3 is 547 Å². The van der Waals surface area contributed by atoms with Gasteiger partial charge in [-0.2, -0.15) is 0 Å². The van der Waals surface area contributed by atoms with Crippen molar-refractivity contribution in [3.63, 3.8) is 0 Å². The second-order valence-corrected chi connectivity index (χ2v) is 38.4. The minimum atomic E-state index is 0.00972. The second-order valence-electron chi connectivity index (χ2n) is 20.2.